The van der Waals surface area contributed by atoms with Gasteiger partial charge in [-0.3, -0.25) is 14.5 Å². The molecule has 0 radical (unpaired) electrons. The Bertz CT molecular complexity index is 354. The van der Waals surface area contributed by atoms with Crippen LogP contribution >= 0.6 is 0 Å². The van der Waals surface area contributed by atoms with Crippen LogP contribution in [0.25, 0.3) is 0 Å². The maximum absolute atomic E-state index is 12.5. The SMILES string of the molecule is C[C@H]1CC[C@]2(CC(=O)N(CCCN(C)C)C2=O)C1. The lowest BCUT2D eigenvalue weighted by atomic mass is 9.84. The Balaban J connectivity index is 1.97. The summed E-state index contributed by atoms with van der Waals surface area (Å²) in [4.78, 5) is 28.1. The number of hydrogen-bond acceptors (Lipinski definition) is 3. The molecule has 102 valence electrons. The molecule has 18 heavy (non-hydrogen) atoms. The zero-order valence-corrected chi connectivity index (χ0v) is 11.7. The molecule has 1 spiro atoms. The van der Waals surface area contributed by atoms with E-state index in [4.69, 9.17) is 0 Å². The van der Waals surface area contributed by atoms with E-state index in [0.717, 1.165) is 32.2 Å². The number of carbonyl (C=O) groups is 2. The van der Waals surface area contributed by atoms with Crippen molar-refractivity contribution >= 4 is 11.8 Å². The van der Waals surface area contributed by atoms with Gasteiger partial charge in [0, 0.05) is 13.0 Å². The standard InChI is InChI=1S/C14H24N2O2/c1-11-5-6-14(9-11)10-12(17)16(13(14)18)8-4-7-15(2)3/h11H,4-10H2,1-3H3/t11-,14+/m0/s1. The number of carbonyl (C=O) groups excluding carboxylic acids is 2. The summed E-state index contributed by atoms with van der Waals surface area (Å²) in [5, 5.41) is 0. The summed E-state index contributed by atoms with van der Waals surface area (Å²) in [5.41, 5.74) is -0.325. The van der Waals surface area contributed by atoms with Gasteiger partial charge in [0.15, 0.2) is 0 Å². The van der Waals surface area contributed by atoms with Crippen molar-refractivity contribution in [3.63, 3.8) is 0 Å². The first kappa shape index (κ1) is 13.5. The maximum atomic E-state index is 12.5. The van der Waals surface area contributed by atoms with Crippen molar-refractivity contribution in [2.75, 3.05) is 27.2 Å². The fourth-order valence-electron chi connectivity index (χ4n) is 3.38. The molecule has 2 aliphatic rings. The topological polar surface area (TPSA) is 40.6 Å². The summed E-state index contributed by atoms with van der Waals surface area (Å²) in [6.45, 7) is 3.69. The molecule has 0 aromatic carbocycles. The van der Waals surface area contributed by atoms with Crippen molar-refractivity contribution in [2.45, 2.75) is 39.0 Å². The van der Waals surface area contributed by atoms with Gasteiger partial charge < -0.3 is 4.90 Å². The molecule has 4 heteroatoms. The smallest absolute Gasteiger partial charge is 0.235 e. The van der Waals surface area contributed by atoms with E-state index >= 15 is 0 Å². The van der Waals surface area contributed by atoms with Crippen LogP contribution < -0.4 is 0 Å². The van der Waals surface area contributed by atoms with Gasteiger partial charge in [-0.2, -0.15) is 0 Å². The lowest BCUT2D eigenvalue weighted by molar-refractivity contribution is -0.141. The Hall–Kier alpha value is -0.900. The molecule has 2 atom stereocenters. The van der Waals surface area contributed by atoms with Crippen LogP contribution in [0.1, 0.15) is 39.0 Å². The molecule has 2 fully saturated rings. The molecule has 1 saturated heterocycles. The van der Waals surface area contributed by atoms with Gasteiger partial charge >= 0.3 is 0 Å². The van der Waals surface area contributed by atoms with E-state index in [9.17, 15) is 9.59 Å². The summed E-state index contributed by atoms with van der Waals surface area (Å²) >= 11 is 0. The van der Waals surface area contributed by atoms with E-state index < -0.39 is 0 Å². The van der Waals surface area contributed by atoms with Gasteiger partial charge in [0.05, 0.1) is 5.41 Å². The zero-order chi connectivity index (χ0) is 13.3. The maximum Gasteiger partial charge on any atom is 0.235 e. The van der Waals surface area contributed by atoms with Crippen LogP contribution in [0.15, 0.2) is 0 Å². The van der Waals surface area contributed by atoms with E-state index in [2.05, 4.69) is 11.8 Å². The molecule has 2 amide bonds. The van der Waals surface area contributed by atoms with Crippen molar-refractivity contribution in [3.05, 3.63) is 0 Å². The van der Waals surface area contributed by atoms with Crippen molar-refractivity contribution in [2.24, 2.45) is 11.3 Å². The third kappa shape index (κ3) is 2.44. The second-order valence-corrected chi connectivity index (χ2v) is 6.31. The van der Waals surface area contributed by atoms with Crippen LogP contribution in [0.2, 0.25) is 0 Å². The summed E-state index contributed by atoms with van der Waals surface area (Å²) < 4.78 is 0. The molecule has 1 heterocycles. The van der Waals surface area contributed by atoms with E-state index in [1.807, 2.05) is 14.1 Å². The molecule has 0 N–H and O–H groups in total. The summed E-state index contributed by atoms with van der Waals surface area (Å²) in [6.07, 6.45) is 4.23. The minimum Gasteiger partial charge on any atom is -0.309 e. The van der Waals surface area contributed by atoms with Crippen molar-refractivity contribution in [1.82, 2.24) is 9.80 Å². The first-order valence-corrected chi connectivity index (χ1v) is 6.94. The van der Waals surface area contributed by atoms with Crippen molar-refractivity contribution in [3.8, 4) is 0 Å². The fourth-order valence-corrected chi connectivity index (χ4v) is 3.38. The Morgan fingerprint density at radius 3 is 2.67 bits per heavy atom. The van der Waals surface area contributed by atoms with Gasteiger partial charge in [0.25, 0.3) is 0 Å². The monoisotopic (exact) mass is 252 g/mol. The van der Waals surface area contributed by atoms with Crippen LogP contribution in [-0.2, 0) is 9.59 Å². The molecule has 0 aromatic heterocycles. The van der Waals surface area contributed by atoms with Gasteiger partial charge in [-0.25, -0.2) is 0 Å². The van der Waals surface area contributed by atoms with Gasteiger partial charge in [0.1, 0.15) is 0 Å². The number of imide groups is 1. The zero-order valence-electron chi connectivity index (χ0n) is 11.7. The quantitative estimate of drug-likeness (QED) is 0.712. The minimum absolute atomic E-state index is 0.0489. The lowest BCUT2D eigenvalue weighted by Crippen LogP contribution is -2.36. The molecule has 4 nitrogen and oxygen atoms in total. The highest BCUT2D eigenvalue weighted by Gasteiger charge is 2.53. The molecule has 1 saturated carbocycles. The van der Waals surface area contributed by atoms with E-state index in [-0.39, 0.29) is 17.2 Å². The van der Waals surface area contributed by atoms with Crippen molar-refractivity contribution in [1.29, 1.82) is 0 Å². The van der Waals surface area contributed by atoms with Crippen LogP contribution in [0.3, 0.4) is 0 Å². The molecule has 1 aliphatic carbocycles. The molecular weight excluding hydrogens is 228 g/mol. The highest BCUT2D eigenvalue weighted by atomic mass is 16.2. The average molecular weight is 252 g/mol. The summed E-state index contributed by atoms with van der Waals surface area (Å²) in [6, 6.07) is 0. The van der Waals surface area contributed by atoms with Gasteiger partial charge in [-0.15, -0.1) is 0 Å². The van der Waals surface area contributed by atoms with Crippen molar-refractivity contribution < 1.29 is 9.59 Å². The van der Waals surface area contributed by atoms with Gasteiger partial charge in [0.2, 0.25) is 11.8 Å². The van der Waals surface area contributed by atoms with E-state index in [0.29, 0.717) is 18.9 Å². The van der Waals surface area contributed by atoms with E-state index in [1.165, 1.54) is 4.90 Å². The molecule has 0 unspecified atom stereocenters. The van der Waals surface area contributed by atoms with Gasteiger partial charge in [-0.1, -0.05) is 6.92 Å². The predicted octanol–water partition coefficient (Wildman–Crippen LogP) is 1.50. The number of nitrogens with zero attached hydrogens (tertiary/aromatic N) is 2. The Labute approximate surface area is 109 Å². The van der Waals surface area contributed by atoms with Crippen LogP contribution in [-0.4, -0.2) is 48.8 Å². The Morgan fingerprint density at radius 1 is 1.39 bits per heavy atom. The fraction of sp³-hybridized carbons (Fsp3) is 0.857. The Morgan fingerprint density at radius 2 is 2.11 bits per heavy atom. The summed E-state index contributed by atoms with van der Waals surface area (Å²) in [7, 11) is 4.02. The first-order chi connectivity index (χ1) is 8.44. The lowest BCUT2D eigenvalue weighted by Gasteiger charge is -2.21. The van der Waals surface area contributed by atoms with Crippen LogP contribution in [0, 0.1) is 11.3 Å². The molecule has 0 aromatic rings. The number of hydrogen-bond donors (Lipinski definition) is 0. The predicted molar refractivity (Wildman–Crippen MR) is 70.0 cm³/mol. The van der Waals surface area contributed by atoms with Gasteiger partial charge in [-0.05, 0) is 52.2 Å². The average Bonchev–Trinajstić information content (AvgIpc) is 2.74. The molecular formula is C14H24N2O2. The second kappa shape index (κ2) is 5.00. The molecule has 2 rings (SSSR count). The Kier molecular flexibility index (Phi) is 3.76. The van der Waals surface area contributed by atoms with E-state index in [1.54, 1.807) is 0 Å². The molecule has 0 bridgehead atoms. The number of rotatable bonds is 4. The third-order valence-electron chi connectivity index (χ3n) is 4.33. The third-order valence-corrected chi connectivity index (χ3v) is 4.33. The number of likely N-dealkylation sites (tertiary alicyclic amines) is 1. The minimum atomic E-state index is -0.325. The summed E-state index contributed by atoms with van der Waals surface area (Å²) in [5.74, 6) is 0.743. The normalized spacial score (nSPS) is 32.2. The highest BCUT2D eigenvalue weighted by molar-refractivity contribution is 6.06. The molecule has 1 aliphatic heterocycles. The largest absolute Gasteiger partial charge is 0.309 e. The highest BCUT2D eigenvalue weighted by Crippen LogP contribution is 2.49. The number of amides is 2. The second-order valence-electron chi connectivity index (χ2n) is 6.31. The van der Waals surface area contributed by atoms with Crippen LogP contribution in [0.5, 0.6) is 0 Å². The first-order valence-electron chi connectivity index (χ1n) is 6.94. The van der Waals surface area contributed by atoms with Crippen LogP contribution in [0.4, 0.5) is 0 Å².